The van der Waals surface area contributed by atoms with Gasteiger partial charge in [-0.15, -0.1) is 37.2 Å². The molecule has 4 aliphatic rings. The van der Waals surface area contributed by atoms with E-state index >= 15 is 0 Å². The molecule has 150 valence electrons. The van der Waals surface area contributed by atoms with Crippen molar-refractivity contribution in [3.63, 3.8) is 0 Å². The summed E-state index contributed by atoms with van der Waals surface area (Å²) in [6.45, 7) is 8.57. The number of nitrogens with zero attached hydrogens (tertiary/aromatic N) is 2. The SMILES string of the molecule is C1CCN(C2CCN(C3COC4(CCNCC4)C3)CC2)CC1.Cl.Cl.Cl. The van der Waals surface area contributed by atoms with Gasteiger partial charge in [-0.3, -0.25) is 4.90 Å². The number of likely N-dealkylation sites (tertiary alicyclic amines) is 2. The van der Waals surface area contributed by atoms with Gasteiger partial charge in [-0.25, -0.2) is 0 Å². The van der Waals surface area contributed by atoms with Gasteiger partial charge in [0.1, 0.15) is 0 Å². The summed E-state index contributed by atoms with van der Waals surface area (Å²) in [5.74, 6) is 0. The van der Waals surface area contributed by atoms with Gasteiger partial charge in [0, 0.05) is 25.2 Å². The van der Waals surface area contributed by atoms with Crippen molar-refractivity contribution in [2.75, 3.05) is 45.9 Å². The van der Waals surface area contributed by atoms with Gasteiger partial charge >= 0.3 is 0 Å². The molecular weight excluding hydrogens is 381 g/mol. The molecule has 4 rings (SSSR count). The second-order valence-corrected chi connectivity index (χ2v) is 7.97. The molecule has 0 aromatic heterocycles. The molecule has 1 spiro atoms. The van der Waals surface area contributed by atoms with E-state index in [2.05, 4.69) is 15.1 Å². The minimum absolute atomic E-state index is 0. The summed E-state index contributed by atoms with van der Waals surface area (Å²) in [7, 11) is 0. The average molecular weight is 417 g/mol. The Morgan fingerprint density at radius 1 is 0.760 bits per heavy atom. The smallest absolute Gasteiger partial charge is 0.0723 e. The van der Waals surface area contributed by atoms with Crippen molar-refractivity contribution in [3.05, 3.63) is 0 Å². The van der Waals surface area contributed by atoms with Crippen LogP contribution in [0.5, 0.6) is 0 Å². The molecule has 4 aliphatic heterocycles. The Balaban J connectivity index is 0.00000104. The van der Waals surface area contributed by atoms with E-state index < -0.39 is 0 Å². The van der Waals surface area contributed by atoms with Crippen molar-refractivity contribution < 1.29 is 4.74 Å². The van der Waals surface area contributed by atoms with E-state index in [1.807, 2.05) is 0 Å². The third-order valence-corrected chi connectivity index (χ3v) is 6.63. The molecule has 0 radical (unpaired) electrons. The summed E-state index contributed by atoms with van der Waals surface area (Å²) >= 11 is 0. The summed E-state index contributed by atoms with van der Waals surface area (Å²) < 4.78 is 6.30. The Hall–Kier alpha value is 0.710. The van der Waals surface area contributed by atoms with E-state index in [0.29, 0.717) is 6.04 Å². The summed E-state index contributed by atoms with van der Waals surface area (Å²) in [4.78, 5) is 5.53. The number of rotatable bonds is 2. The first-order valence-corrected chi connectivity index (χ1v) is 9.67. The quantitative estimate of drug-likeness (QED) is 0.748. The third kappa shape index (κ3) is 5.60. The van der Waals surface area contributed by atoms with Crippen molar-refractivity contribution in [1.29, 1.82) is 0 Å². The molecule has 1 N–H and O–H groups in total. The molecule has 4 saturated heterocycles. The van der Waals surface area contributed by atoms with Crippen LogP contribution in [0.1, 0.15) is 51.4 Å². The predicted molar refractivity (Wildman–Crippen MR) is 111 cm³/mol. The number of hydrogen-bond acceptors (Lipinski definition) is 4. The third-order valence-electron chi connectivity index (χ3n) is 6.63. The summed E-state index contributed by atoms with van der Waals surface area (Å²) in [5, 5.41) is 3.47. The van der Waals surface area contributed by atoms with Crippen LogP contribution in [0.25, 0.3) is 0 Å². The summed E-state index contributed by atoms with van der Waals surface area (Å²) in [6.07, 6.45) is 10.8. The van der Waals surface area contributed by atoms with E-state index in [-0.39, 0.29) is 42.8 Å². The lowest BCUT2D eigenvalue weighted by atomic mass is 9.87. The predicted octanol–water partition coefficient (Wildman–Crippen LogP) is 3.11. The maximum Gasteiger partial charge on any atom is 0.0723 e. The van der Waals surface area contributed by atoms with E-state index in [1.54, 1.807) is 0 Å². The molecular formula is C18H36Cl3N3O. The number of halogens is 3. The van der Waals surface area contributed by atoms with Crippen LogP contribution in [-0.2, 0) is 4.74 Å². The maximum absolute atomic E-state index is 6.30. The molecule has 0 bridgehead atoms. The molecule has 0 saturated carbocycles. The van der Waals surface area contributed by atoms with Gasteiger partial charge in [0.05, 0.1) is 12.2 Å². The van der Waals surface area contributed by atoms with Crippen LogP contribution in [0, 0.1) is 0 Å². The van der Waals surface area contributed by atoms with Crippen molar-refractivity contribution in [1.82, 2.24) is 15.1 Å². The molecule has 0 aromatic rings. The van der Waals surface area contributed by atoms with Crippen molar-refractivity contribution in [2.24, 2.45) is 0 Å². The monoisotopic (exact) mass is 415 g/mol. The van der Waals surface area contributed by atoms with Gasteiger partial charge in [0.15, 0.2) is 0 Å². The first-order valence-electron chi connectivity index (χ1n) is 9.67. The van der Waals surface area contributed by atoms with Crippen molar-refractivity contribution in [2.45, 2.75) is 69.1 Å². The van der Waals surface area contributed by atoms with Crippen LogP contribution in [0.3, 0.4) is 0 Å². The Kier molecular flexibility index (Phi) is 10.3. The van der Waals surface area contributed by atoms with Crippen LogP contribution >= 0.6 is 37.2 Å². The van der Waals surface area contributed by atoms with Crippen LogP contribution in [0.2, 0.25) is 0 Å². The Labute approximate surface area is 172 Å². The second-order valence-electron chi connectivity index (χ2n) is 7.97. The molecule has 4 heterocycles. The average Bonchev–Trinajstić information content (AvgIpc) is 3.00. The molecule has 0 amide bonds. The van der Waals surface area contributed by atoms with Gasteiger partial charge in [0.2, 0.25) is 0 Å². The van der Waals surface area contributed by atoms with Crippen LogP contribution in [-0.4, -0.2) is 73.4 Å². The van der Waals surface area contributed by atoms with Crippen LogP contribution in [0.4, 0.5) is 0 Å². The van der Waals surface area contributed by atoms with Gasteiger partial charge in [-0.1, -0.05) is 6.42 Å². The maximum atomic E-state index is 6.30. The number of hydrogen-bond donors (Lipinski definition) is 1. The fraction of sp³-hybridized carbons (Fsp3) is 1.00. The van der Waals surface area contributed by atoms with Crippen LogP contribution < -0.4 is 5.32 Å². The minimum atomic E-state index is 0. The lowest BCUT2D eigenvalue weighted by Gasteiger charge is -2.42. The van der Waals surface area contributed by atoms with E-state index in [9.17, 15) is 0 Å². The zero-order valence-corrected chi connectivity index (χ0v) is 17.7. The fourth-order valence-electron chi connectivity index (χ4n) is 5.19. The topological polar surface area (TPSA) is 27.7 Å². The Bertz CT molecular complexity index is 369. The number of nitrogens with one attached hydrogen (secondary N) is 1. The normalized spacial score (nSPS) is 31.0. The molecule has 4 fully saturated rings. The molecule has 4 nitrogen and oxygen atoms in total. The number of piperidine rings is 3. The molecule has 0 aromatic carbocycles. The number of ether oxygens (including phenoxy) is 1. The first-order chi connectivity index (χ1) is 10.8. The first kappa shape index (κ1) is 23.7. The standard InChI is InChI=1S/C18H33N3O.3ClH/c1-2-10-20(11-3-1)16-4-12-21(13-5-16)17-14-18(22-15-17)6-8-19-9-7-18;;;/h16-17,19H,1-15H2;3*1H. The van der Waals surface area contributed by atoms with E-state index in [1.165, 1.54) is 77.5 Å². The van der Waals surface area contributed by atoms with Gasteiger partial charge in [-0.05, 0) is 71.1 Å². The highest BCUT2D eigenvalue weighted by atomic mass is 35.5. The summed E-state index contributed by atoms with van der Waals surface area (Å²) in [6, 6.07) is 1.56. The largest absolute Gasteiger partial charge is 0.373 e. The van der Waals surface area contributed by atoms with Gasteiger partial charge < -0.3 is 15.0 Å². The molecule has 0 aliphatic carbocycles. The Morgan fingerprint density at radius 3 is 2.00 bits per heavy atom. The Morgan fingerprint density at radius 2 is 1.36 bits per heavy atom. The lowest BCUT2D eigenvalue weighted by molar-refractivity contribution is -0.0206. The molecule has 7 heteroatoms. The second kappa shape index (κ2) is 10.9. The summed E-state index contributed by atoms with van der Waals surface area (Å²) in [5.41, 5.74) is 0.222. The zero-order valence-electron chi connectivity index (χ0n) is 15.3. The van der Waals surface area contributed by atoms with Gasteiger partial charge in [-0.2, -0.15) is 0 Å². The van der Waals surface area contributed by atoms with Gasteiger partial charge in [0.25, 0.3) is 0 Å². The van der Waals surface area contributed by atoms with Crippen molar-refractivity contribution >= 4 is 37.2 Å². The van der Waals surface area contributed by atoms with Crippen molar-refractivity contribution in [3.8, 4) is 0 Å². The lowest BCUT2D eigenvalue weighted by Crippen LogP contribution is -2.50. The van der Waals surface area contributed by atoms with Crippen LogP contribution in [0.15, 0.2) is 0 Å². The van der Waals surface area contributed by atoms with E-state index in [4.69, 9.17) is 4.74 Å². The fourth-order valence-corrected chi connectivity index (χ4v) is 5.19. The molecule has 1 unspecified atom stereocenters. The zero-order chi connectivity index (χ0) is 14.8. The highest BCUT2D eigenvalue weighted by molar-refractivity contribution is 5.86. The highest BCUT2D eigenvalue weighted by Gasteiger charge is 2.43. The highest BCUT2D eigenvalue weighted by Crippen LogP contribution is 2.37. The molecule has 25 heavy (non-hydrogen) atoms. The minimum Gasteiger partial charge on any atom is -0.373 e. The van der Waals surface area contributed by atoms with E-state index in [0.717, 1.165) is 25.7 Å². The molecule has 1 atom stereocenters.